The Morgan fingerprint density at radius 2 is 1.58 bits per heavy atom. The molecule has 1 N–H and O–H groups in total. The Kier molecular flexibility index (Phi) is 9.22. The molecule has 0 fully saturated rings. The fourth-order valence-corrected chi connectivity index (χ4v) is 5.43. The second-order valence-electron chi connectivity index (χ2n) is 7.99. The molecular weight excluding hydrogens is 549 g/mol. The molecule has 0 radical (unpaired) electrons. The molecule has 10 heteroatoms. The third-order valence-electron chi connectivity index (χ3n) is 5.62. The minimum Gasteiger partial charge on any atom is -0.357 e. The largest absolute Gasteiger partial charge is 0.357 e. The van der Waals surface area contributed by atoms with E-state index in [1.54, 1.807) is 49.4 Å². The Morgan fingerprint density at radius 1 is 0.972 bits per heavy atom. The number of rotatable bonds is 10. The van der Waals surface area contributed by atoms with Gasteiger partial charge < -0.3 is 10.2 Å². The van der Waals surface area contributed by atoms with Gasteiger partial charge in [-0.15, -0.1) is 0 Å². The van der Waals surface area contributed by atoms with Crippen molar-refractivity contribution >= 4 is 43.5 Å². The lowest BCUT2D eigenvalue weighted by molar-refractivity contribution is -0.140. The second-order valence-corrected chi connectivity index (χ2v) is 10.8. The van der Waals surface area contributed by atoms with Gasteiger partial charge in [0.1, 0.15) is 18.4 Å². The van der Waals surface area contributed by atoms with Crippen LogP contribution in [0.25, 0.3) is 0 Å². The van der Waals surface area contributed by atoms with E-state index in [2.05, 4.69) is 21.2 Å². The van der Waals surface area contributed by atoms with Crippen LogP contribution in [-0.4, -0.2) is 44.8 Å². The minimum atomic E-state index is -4.11. The molecule has 3 rings (SSSR count). The topological polar surface area (TPSA) is 86.8 Å². The SMILES string of the molecule is CC[C@H](C(=O)NC)N(Cc1ccc(F)cc1)C(=O)CN(c1ccc(Br)cc1)S(=O)(=O)c1ccccc1. The maximum absolute atomic E-state index is 13.7. The molecule has 0 unspecified atom stereocenters. The predicted octanol–water partition coefficient (Wildman–Crippen LogP) is 4.34. The molecule has 0 saturated heterocycles. The summed E-state index contributed by atoms with van der Waals surface area (Å²) < 4.78 is 42.5. The first kappa shape index (κ1) is 27.3. The molecular formula is C26H27BrFN3O4S. The standard InChI is InChI=1S/C26H27BrFN3O4S/c1-3-24(26(33)29-2)30(17-19-9-13-21(28)14-10-19)25(32)18-31(22-15-11-20(27)12-16-22)36(34,35)23-7-5-4-6-8-23/h4-16,24H,3,17-18H2,1-2H3,(H,29,33)/t24-/m1/s1. The third-order valence-corrected chi connectivity index (χ3v) is 7.94. The number of halogens is 2. The number of nitrogens with zero attached hydrogens (tertiary/aromatic N) is 2. The highest BCUT2D eigenvalue weighted by molar-refractivity contribution is 9.10. The van der Waals surface area contributed by atoms with Crippen molar-refractivity contribution in [2.75, 3.05) is 17.9 Å². The van der Waals surface area contributed by atoms with Gasteiger partial charge in [0.25, 0.3) is 10.0 Å². The van der Waals surface area contributed by atoms with E-state index < -0.39 is 34.3 Å². The highest BCUT2D eigenvalue weighted by atomic mass is 79.9. The highest BCUT2D eigenvalue weighted by Crippen LogP contribution is 2.26. The molecule has 3 aromatic carbocycles. The fourth-order valence-electron chi connectivity index (χ4n) is 3.73. The van der Waals surface area contributed by atoms with E-state index >= 15 is 0 Å². The molecule has 0 heterocycles. The zero-order valence-electron chi connectivity index (χ0n) is 19.9. The highest BCUT2D eigenvalue weighted by Gasteiger charge is 2.33. The molecule has 1 atom stereocenters. The monoisotopic (exact) mass is 575 g/mol. The molecule has 0 bridgehead atoms. The molecule has 0 aromatic heterocycles. The van der Waals surface area contributed by atoms with E-state index in [1.807, 2.05) is 0 Å². The smallest absolute Gasteiger partial charge is 0.264 e. The fraction of sp³-hybridized carbons (Fsp3) is 0.231. The summed E-state index contributed by atoms with van der Waals surface area (Å²) in [5.41, 5.74) is 0.901. The van der Waals surface area contributed by atoms with Gasteiger partial charge in [-0.2, -0.15) is 0 Å². The van der Waals surface area contributed by atoms with Crippen LogP contribution in [-0.2, 0) is 26.2 Å². The lowest BCUT2D eigenvalue weighted by Gasteiger charge is -2.33. The van der Waals surface area contributed by atoms with Gasteiger partial charge in [-0.05, 0) is 60.5 Å². The van der Waals surface area contributed by atoms with Gasteiger partial charge in [-0.1, -0.05) is 53.2 Å². The quantitative estimate of drug-likeness (QED) is 0.389. The molecule has 2 amide bonds. The zero-order chi connectivity index (χ0) is 26.3. The van der Waals surface area contributed by atoms with E-state index in [1.165, 1.54) is 48.3 Å². The van der Waals surface area contributed by atoms with E-state index in [-0.39, 0.29) is 17.3 Å². The van der Waals surface area contributed by atoms with E-state index in [0.29, 0.717) is 17.7 Å². The van der Waals surface area contributed by atoms with Crippen molar-refractivity contribution in [1.29, 1.82) is 0 Å². The number of benzene rings is 3. The van der Waals surface area contributed by atoms with Gasteiger partial charge in [0.2, 0.25) is 11.8 Å². The van der Waals surface area contributed by atoms with Gasteiger partial charge in [-0.3, -0.25) is 13.9 Å². The number of carbonyl (C=O) groups is 2. The molecule has 0 aliphatic heterocycles. The Labute approximate surface area is 219 Å². The molecule has 0 aliphatic carbocycles. The molecule has 0 spiro atoms. The molecule has 190 valence electrons. The van der Waals surface area contributed by atoms with Crippen LogP contribution >= 0.6 is 15.9 Å². The van der Waals surface area contributed by atoms with E-state index in [4.69, 9.17) is 0 Å². The number of anilines is 1. The maximum Gasteiger partial charge on any atom is 0.264 e. The van der Waals surface area contributed by atoms with E-state index in [0.717, 1.165) is 8.78 Å². The molecule has 3 aromatic rings. The summed E-state index contributed by atoms with van der Waals surface area (Å²) in [6.45, 7) is 1.23. The average molecular weight is 576 g/mol. The zero-order valence-corrected chi connectivity index (χ0v) is 22.3. The number of hydrogen-bond acceptors (Lipinski definition) is 4. The summed E-state index contributed by atoms with van der Waals surface area (Å²) in [5, 5.41) is 2.56. The van der Waals surface area contributed by atoms with Gasteiger partial charge in [-0.25, -0.2) is 12.8 Å². The van der Waals surface area contributed by atoms with Crippen molar-refractivity contribution in [3.63, 3.8) is 0 Å². The first-order valence-corrected chi connectivity index (χ1v) is 13.5. The van der Waals surface area contributed by atoms with Crippen LogP contribution < -0.4 is 9.62 Å². The first-order valence-electron chi connectivity index (χ1n) is 11.3. The Bertz CT molecular complexity index is 1290. The van der Waals surface area contributed by atoms with Crippen LogP contribution in [0.2, 0.25) is 0 Å². The van der Waals surface area contributed by atoms with Crippen molar-refractivity contribution in [2.45, 2.75) is 30.8 Å². The van der Waals surface area contributed by atoms with Gasteiger partial charge in [0.05, 0.1) is 10.6 Å². The first-order chi connectivity index (χ1) is 17.2. The normalized spacial score (nSPS) is 12.0. The lowest BCUT2D eigenvalue weighted by atomic mass is 10.1. The van der Waals surface area contributed by atoms with Crippen molar-refractivity contribution < 1.29 is 22.4 Å². The van der Waals surface area contributed by atoms with Crippen molar-refractivity contribution in [2.24, 2.45) is 0 Å². The predicted molar refractivity (Wildman–Crippen MR) is 140 cm³/mol. The molecule has 0 saturated carbocycles. The van der Waals surface area contributed by atoms with Crippen LogP contribution in [0.5, 0.6) is 0 Å². The second kappa shape index (κ2) is 12.1. The van der Waals surface area contributed by atoms with Crippen molar-refractivity contribution in [1.82, 2.24) is 10.2 Å². The molecule has 36 heavy (non-hydrogen) atoms. The Morgan fingerprint density at radius 3 is 2.14 bits per heavy atom. The van der Waals surface area contributed by atoms with Crippen LogP contribution in [0.15, 0.2) is 88.2 Å². The third kappa shape index (κ3) is 6.50. The van der Waals surface area contributed by atoms with Gasteiger partial charge in [0.15, 0.2) is 0 Å². The van der Waals surface area contributed by atoms with Gasteiger partial charge in [0, 0.05) is 18.1 Å². The van der Waals surface area contributed by atoms with Gasteiger partial charge >= 0.3 is 0 Å². The van der Waals surface area contributed by atoms with Crippen LogP contribution in [0, 0.1) is 5.82 Å². The minimum absolute atomic E-state index is 0.00457. The Balaban J connectivity index is 2.03. The summed E-state index contributed by atoms with van der Waals surface area (Å²) in [5.74, 6) is -1.38. The van der Waals surface area contributed by atoms with E-state index in [9.17, 15) is 22.4 Å². The number of carbonyl (C=O) groups excluding carboxylic acids is 2. The number of nitrogens with one attached hydrogen (secondary N) is 1. The lowest BCUT2D eigenvalue weighted by Crippen LogP contribution is -2.51. The summed E-state index contributed by atoms with van der Waals surface area (Å²) in [6.07, 6.45) is 0.302. The molecule has 7 nitrogen and oxygen atoms in total. The summed E-state index contributed by atoms with van der Waals surface area (Å²) >= 11 is 3.34. The number of sulfonamides is 1. The van der Waals surface area contributed by atoms with Crippen molar-refractivity contribution in [3.8, 4) is 0 Å². The van der Waals surface area contributed by atoms with Crippen LogP contribution in [0.4, 0.5) is 10.1 Å². The number of hydrogen-bond donors (Lipinski definition) is 1. The maximum atomic E-state index is 13.7. The van der Waals surface area contributed by atoms with Crippen LogP contribution in [0.3, 0.4) is 0 Å². The number of likely N-dealkylation sites (N-methyl/N-ethyl adjacent to an activating group) is 1. The summed E-state index contributed by atoms with van der Waals surface area (Å²) in [6, 6.07) is 19.1. The molecule has 0 aliphatic rings. The average Bonchev–Trinajstić information content (AvgIpc) is 2.89. The summed E-state index contributed by atoms with van der Waals surface area (Å²) in [7, 11) is -2.64. The summed E-state index contributed by atoms with van der Waals surface area (Å²) in [4.78, 5) is 27.7. The Hall–Kier alpha value is -3.24. The van der Waals surface area contributed by atoms with Crippen molar-refractivity contribution in [3.05, 3.63) is 94.7 Å². The van der Waals surface area contributed by atoms with Crippen LogP contribution in [0.1, 0.15) is 18.9 Å². The number of amides is 2.